The van der Waals surface area contributed by atoms with Crippen molar-refractivity contribution in [1.82, 2.24) is 14.5 Å². The number of ether oxygens (including phenoxy) is 2. The number of esters is 1. The van der Waals surface area contributed by atoms with Crippen LogP contribution >= 0.6 is 0 Å². The molecule has 1 aromatic heterocycles. The number of benzene rings is 2. The molecule has 0 spiro atoms. The zero-order valence-electron chi connectivity index (χ0n) is 30.5. The van der Waals surface area contributed by atoms with Gasteiger partial charge in [0.25, 0.3) is 5.91 Å². The molecule has 1 aliphatic carbocycles. The van der Waals surface area contributed by atoms with Crippen LogP contribution in [-0.4, -0.2) is 72.6 Å². The van der Waals surface area contributed by atoms with Crippen molar-refractivity contribution in [2.24, 2.45) is 0 Å². The van der Waals surface area contributed by atoms with Gasteiger partial charge in [-0.2, -0.15) is 4.98 Å². The van der Waals surface area contributed by atoms with Crippen molar-refractivity contribution in [1.29, 1.82) is 0 Å². The highest BCUT2D eigenvalue weighted by Crippen LogP contribution is 2.44. The molecule has 2 atom stereocenters. The third kappa shape index (κ3) is 8.62. The van der Waals surface area contributed by atoms with Crippen molar-refractivity contribution in [2.75, 3.05) is 31.6 Å². The van der Waals surface area contributed by atoms with Gasteiger partial charge in [-0.25, -0.2) is 9.59 Å². The number of carbonyl (C=O) groups is 2. The topological polar surface area (TPSA) is 112 Å². The zero-order valence-corrected chi connectivity index (χ0v) is 31.5. The van der Waals surface area contributed by atoms with Crippen LogP contribution in [0.25, 0.3) is 0 Å². The summed E-state index contributed by atoms with van der Waals surface area (Å²) in [5.41, 5.74) is 0.348. The third-order valence-corrected chi connectivity index (χ3v) is 16.6. The molecule has 1 amide bonds. The van der Waals surface area contributed by atoms with Gasteiger partial charge in [0.2, 0.25) is 0 Å². The number of nitrogens with one attached hydrogen (secondary N) is 1. The Morgan fingerprint density at radius 2 is 1.48 bits per heavy atom. The first-order valence-electron chi connectivity index (χ1n) is 18.2. The van der Waals surface area contributed by atoms with E-state index < -0.39 is 31.8 Å². The van der Waals surface area contributed by atoms with Crippen LogP contribution in [0.1, 0.15) is 101 Å². The van der Waals surface area contributed by atoms with Gasteiger partial charge < -0.3 is 19.2 Å². The second-order valence-electron chi connectivity index (χ2n) is 14.8. The average molecular weight is 703 g/mol. The first-order valence-corrected chi connectivity index (χ1v) is 20.3. The summed E-state index contributed by atoms with van der Waals surface area (Å²) in [5, 5.41) is 2.74. The van der Waals surface area contributed by atoms with Gasteiger partial charge in [-0.1, -0.05) is 97.2 Å². The van der Waals surface area contributed by atoms with Crippen molar-refractivity contribution >= 4 is 26.0 Å². The second kappa shape index (κ2) is 16.6. The van der Waals surface area contributed by atoms with Gasteiger partial charge in [0.05, 0.1) is 12.2 Å². The van der Waals surface area contributed by atoms with Gasteiger partial charge in [0.1, 0.15) is 18.0 Å². The number of nitrogens with zero attached hydrogens (tertiary/aromatic N) is 3. The molecule has 270 valence electrons. The quantitative estimate of drug-likeness (QED) is 0.145. The molecule has 0 unspecified atom stereocenters. The van der Waals surface area contributed by atoms with E-state index in [1.807, 2.05) is 24.3 Å². The van der Waals surface area contributed by atoms with E-state index in [2.05, 4.69) is 56.7 Å². The van der Waals surface area contributed by atoms with E-state index in [1.165, 1.54) is 11.0 Å². The summed E-state index contributed by atoms with van der Waals surface area (Å²) in [5.74, 6) is -0.623. The average Bonchev–Trinajstić information content (AvgIpc) is 3.11. The molecule has 1 N–H and O–H groups in total. The maximum atomic E-state index is 13.7. The zero-order chi connectivity index (χ0) is 35.9. The Morgan fingerprint density at radius 1 is 0.880 bits per heavy atom. The largest absolute Gasteiger partial charge is 0.459 e. The molecule has 2 fully saturated rings. The van der Waals surface area contributed by atoms with Crippen LogP contribution in [0.2, 0.25) is 16.6 Å². The van der Waals surface area contributed by atoms with Crippen molar-refractivity contribution < 1.29 is 23.5 Å². The minimum Gasteiger partial charge on any atom is -0.459 e. The van der Waals surface area contributed by atoms with E-state index in [0.29, 0.717) is 46.9 Å². The fourth-order valence-electron chi connectivity index (χ4n) is 8.16. The van der Waals surface area contributed by atoms with Crippen LogP contribution in [0.15, 0.2) is 77.7 Å². The lowest BCUT2D eigenvalue weighted by Gasteiger charge is -2.51. The van der Waals surface area contributed by atoms with Crippen LogP contribution in [0.5, 0.6) is 0 Å². The van der Waals surface area contributed by atoms with E-state index in [-0.39, 0.29) is 24.9 Å². The van der Waals surface area contributed by atoms with Crippen LogP contribution in [0.4, 0.5) is 5.82 Å². The normalized spacial score (nSPS) is 20.7. The van der Waals surface area contributed by atoms with E-state index in [4.69, 9.17) is 13.9 Å². The molecule has 50 heavy (non-hydrogen) atoms. The molecule has 3 aromatic rings. The predicted octanol–water partition coefficient (Wildman–Crippen LogP) is 7.45. The van der Waals surface area contributed by atoms with Gasteiger partial charge in [0.15, 0.2) is 14.5 Å². The summed E-state index contributed by atoms with van der Waals surface area (Å²) in [4.78, 5) is 46.5. The molecule has 11 heteroatoms. The molecule has 2 aromatic carbocycles. The van der Waals surface area contributed by atoms with Crippen LogP contribution in [0.3, 0.4) is 0 Å². The van der Waals surface area contributed by atoms with Crippen LogP contribution in [-0.2, 0) is 13.9 Å². The Morgan fingerprint density at radius 3 is 2.06 bits per heavy atom. The number of rotatable bonds is 13. The summed E-state index contributed by atoms with van der Waals surface area (Å²) in [6, 6.07) is 19.7. The number of amides is 1. The van der Waals surface area contributed by atoms with Gasteiger partial charge in [-0.15, -0.1) is 0 Å². The van der Waals surface area contributed by atoms with Gasteiger partial charge in [-0.05, 0) is 59.8 Å². The van der Waals surface area contributed by atoms with Crippen molar-refractivity contribution in [3.63, 3.8) is 0 Å². The summed E-state index contributed by atoms with van der Waals surface area (Å²) in [7, 11) is -2.36. The summed E-state index contributed by atoms with van der Waals surface area (Å²) >= 11 is 0. The van der Waals surface area contributed by atoms with Gasteiger partial charge in [0, 0.05) is 30.9 Å². The maximum Gasteiger partial charge on any atom is 0.351 e. The molecule has 0 radical (unpaired) electrons. The number of hydrogen-bond donors (Lipinski definition) is 1. The highest BCUT2D eigenvalue weighted by atomic mass is 28.4. The minimum absolute atomic E-state index is 0.0351. The molecule has 5 rings (SSSR count). The van der Waals surface area contributed by atoms with Crippen LogP contribution < -0.4 is 11.0 Å². The molecule has 0 bridgehead atoms. The number of hydrogen-bond acceptors (Lipinski definition) is 8. The third-order valence-electron chi connectivity index (χ3n) is 10.5. The van der Waals surface area contributed by atoms with Crippen molar-refractivity contribution in [2.45, 2.75) is 108 Å². The minimum atomic E-state index is -2.36. The molecule has 1 saturated carbocycles. The fraction of sp³-hybridized carbons (Fsp3) is 0.538. The van der Waals surface area contributed by atoms with E-state index >= 15 is 0 Å². The first-order chi connectivity index (χ1) is 23.9. The first kappa shape index (κ1) is 37.6. The lowest BCUT2D eigenvalue weighted by Crippen LogP contribution is -2.63. The lowest BCUT2D eigenvalue weighted by molar-refractivity contribution is -0.219. The Labute approximate surface area is 297 Å². The maximum absolute atomic E-state index is 13.7. The number of anilines is 1. The number of morpholine rings is 1. The van der Waals surface area contributed by atoms with E-state index in [1.54, 1.807) is 48.7 Å². The predicted molar refractivity (Wildman–Crippen MR) is 198 cm³/mol. The standard InChI is InChI=1S/C39H54N4O6Si/c1-28(2)50(29(3)4,30(5)6)48-27-39(26-47-37(45)32-18-12-8-13-19-32)25-42(33-20-14-9-15-21-33)24-35(49-39)43-23-22-34(41-38(43)46)40-36(44)31-16-10-7-11-17-31/h7-8,10-13,16-19,22-23,28-30,33,35H,9,14-15,20-21,24-27H2,1-6H3,(H,40,41,44,46)/t35-,39+/m1/s1. The molecular weight excluding hydrogens is 649 g/mol. The fourth-order valence-corrected chi connectivity index (χ4v) is 13.7. The highest BCUT2D eigenvalue weighted by molar-refractivity contribution is 6.77. The highest BCUT2D eigenvalue weighted by Gasteiger charge is 2.50. The SMILES string of the molecule is CC(C)[Si](OC[C@@]1(COC(=O)c2ccccc2)CN(C2CCCCC2)C[C@H](n2ccc(NC(=O)c3ccccc3)nc2=O)O1)(C(C)C)C(C)C. The van der Waals surface area contributed by atoms with Crippen molar-refractivity contribution in [3.8, 4) is 0 Å². The molecule has 2 aliphatic rings. The van der Waals surface area contributed by atoms with E-state index in [9.17, 15) is 14.4 Å². The smallest absolute Gasteiger partial charge is 0.351 e. The Hall–Kier alpha value is -3.64. The van der Waals surface area contributed by atoms with Gasteiger partial charge >= 0.3 is 11.7 Å². The lowest BCUT2D eigenvalue weighted by atomic mass is 9.92. The molecule has 1 saturated heterocycles. The second-order valence-corrected chi connectivity index (χ2v) is 20.3. The molecule has 1 aliphatic heterocycles. The summed E-state index contributed by atoms with van der Waals surface area (Å²) in [6.07, 6.45) is 6.49. The number of aromatic nitrogens is 2. The van der Waals surface area contributed by atoms with Crippen LogP contribution in [0, 0.1) is 0 Å². The molecule has 2 heterocycles. The summed E-state index contributed by atoms with van der Waals surface area (Å²) < 4.78 is 21.7. The Bertz CT molecular complexity index is 1600. The molecule has 10 nitrogen and oxygen atoms in total. The van der Waals surface area contributed by atoms with E-state index in [0.717, 1.165) is 25.7 Å². The molecular formula is C39H54N4O6Si. The Kier molecular flexibility index (Phi) is 12.5. The van der Waals surface area contributed by atoms with Gasteiger partial charge in [-0.3, -0.25) is 14.3 Å². The monoisotopic (exact) mass is 702 g/mol. The summed E-state index contributed by atoms with van der Waals surface area (Å²) in [6.45, 7) is 14.6. The van der Waals surface area contributed by atoms with Crippen molar-refractivity contribution in [3.05, 3.63) is 94.5 Å². The number of carbonyl (C=O) groups excluding carboxylic acids is 2. The Balaban J connectivity index is 1.50.